The molecule has 3 aliphatic rings. The second-order valence-electron chi connectivity index (χ2n) is 11.1. The maximum Gasteiger partial charge on any atom is 0.264 e. The molecule has 5 rings (SSSR count). The van der Waals surface area contributed by atoms with Gasteiger partial charge in [-0.1, -0.05) is 29.8 Å². The molecule has 7 nitrogen and oxygen atoms in total. The van der Waals surface area contributed by atoms with E-state index in [9.17, 15) is 18.3 Å². The number of aliphatic hydroxyl groups excluding tert-OH is 1. The number of amides is 1. The molecule has 1 aliphatic carbocycles. The third-order valence-electron chi connectivity index (χ3n) is 8.52. The average Bonchev–Trinajstić information content (AvgIpc) is 2.92. The predicted octanol–water partition coefficient (Wildman–Crippen LogP) is 5.25. The lowest BCUT2D eigenvalue weighted by Gasteiger charge is -2.41. The molecule has 1 fully saturated rings. The van der Waals surface area contributed by atoms with Crippen LogP contribution in [-0.2, 0) is 23.1 Å². The summed E-state index contributed by atoms with van der Waals surface area (Å²) >= 11 is 6.29. The summed E-state index contributed by atoms with van der Waals surface area (Å²) in [4.78, 5) is 15.5. The average molecular weight is 573 g/mol. The van der Waals surface area contributed by atoms with Crippen LogP contribution in [0.4, 0.5) is 5.69 Å². The molecule has 2 heterocycles. The Balaban J connectivity index is 1.52. The van der Waals surface area contributed by atoms with E-state index < -0.39 is 27.3 Å². The minimum atomic E-state index is -4.08. The van der Waals surface area contributed by atoms with Gasteiger partial charge in [-0.25, -0.2) is 13.1 Å². The van der Waals surface area contributed by atoms with Crippen LogP contribution >= 0.6 is 11.6 Å². The van der Waals surface area contributed by atoms with Gasteiger partial charge < -0.3 is 14.7 Å². The third kappa shape index (κ3) is 6.44. The zero-order valence-electron chi connectivity index (χ0n) is 22.3. The van der Waals surface area contributed by atoms with E-state index in [2.05, 4.69) is 15.7 Å². The summed E-state index contributed by atoms with van der Waals surface area (Å²) in [6.45, 7) is 3.45. The molecule has 0 radical (unpaired) electrons. The highest BCUT2D eigenvalue weighted by molar-refractivity contribution is 7.90. The first-order chi connectivity index (χ1) is 18.7. The molecule has 2 aliphatic heterocycles. The van der Waals surface area contributed by atoms with Crippen LogP contribution in [0.25, 0.3) is 0 Å². The normalized spacial score (nSPS) is 28.4. The Kier molecular flexibility index (Phi) is 8.55. The number of carbonyl (C=O) groups excluding carboxylic acids is 1. The first-order valence-corrected chi connectivity index (χ1v) is 15.8. The van der Waals surface area contributed by atoms with E-state index in [1.54, 1.807) is 18.2 Å². The van der Waals surface area contributed by atoms with Crippen molar-refractivity contribution in [3.63, 3.8) is 0 Å². The van der Waals surface area contributed by atoms with E-state index in [-0.39, 0.29) is 12.0 Å². The monoisotopic (exact) mass is 572 g/mol. The fourth-order valence-corrected chi connectivity index (χ4v) is 7.02. The molecule has 0 spiro atoms. The van der Waals surface area contributed by atoms with E-state index in [1.807, 2.05) is 24.3 Å². The molecular weight excluding hydrogens is 536 g/mol. The number of aliphatic hydroxyl groups is 1. The topological polar surface area (TPSA) is 95.9 Å². The number of hydrogen-bond acceptors (Lipinski definition) is 6. The maximum atomic E-state index is 13.2. The Labute approximate surface area is 236 Å². The Morgan fingerprint density at radius 3 is 2.62 bits per heavy atom. The summed E-state index contributed by atoms with van der Waals surface area (Å²) in [7, 11) is -4.08. The van der Waals surface area contributed by atoms with Crippen molar-refractivity contribution in [1.29, 1.82) is 0 Å². The van der Waals surface area contributed by atoms with Gasteiger partial charge in [0.25, 0.3) is 5.91 Å². The van der Waals surface area contributed by atoms with Crippen molar-refractivity contribution in [1.82, 2.24) is 4.72 Å². The number of allylic oxidation sites excluding steroid dienone is 1. The van der Waals surface area contributed by atoms with E-state index >= 15 is 0 Å². The minimum Gasteiger partial charge on any atom is -0.487 e. The zero-order chi connectivity index (χ0) is 27.6. The molecule has 4 atom stereocenters. The molecule has 2 aromatic rings. The number of nitrogens with one attached hydrogen (secondary N) is 1. The summed E-state index contributed by atoms with van der Waals surface area (Å²) in [6, 6.07) is 11.0. The molecule has 1 saturated carbocycles. The number of rotatable bonds is 0. The number of aryl methyl sites for hydroxylation is 1. The van der Waals surface area contributed by atoms with Gasteiger partial charge in [0.05, 0.1) is 11.8 Å². The Morgan fingerprint density at radius 2 is 1.82 bits per heavy atom. The Bertz CT molecular complexity index is 1340. The molecule has 1 amide bonds. The van der Waals surface area contributed by atoms with E-state index in [4.69, 9.17) is 16.3 Å². The largest absolute Gasteiger partial charge is 0.487 e. The van der Waals surface area contributed by atoms with Gasteiger partial charge in [-0.15, -0.1) is 0 Å². The Hall–Kier alpha value is -2.55. The molecule has 0 saturated heterocycles. The number of sulfonamides is 1. The Morgan fingerprint density at radius 1 is 1.03 bits per heavy atom. The van der Waals surface area contributed by atoms with Crippen LogP contribution in [0.1, 0.15) is 66.9 Å². The smallest absolute Gasteiger partial charge is 0.264 e. The third-order valence-corrected chi connectivity index (χ3v) is 10.5. The number of carbonyl (C=O) groups is 1. The summed E-state index contributed by atoms with van der Waals surface area (Å²) in [5.74, 6) is 0.999. The van der Waals surface area contributed by atoms with Crippen LogP contribution in [0, 0.1) is 11.8 Å². The molecule has 2 aromatic carbocycles. The van der Waals surface area contributed by atoms with E-state index in [0.717, 1.165) is 62.9 Å². The van der Waals surface area contributed by atoms with Gasteiger partial charge in [-0.3, -0.25) is 4.79 Å². The van der Waals surface area contributed by atoms with Gasteiger partial charge in [0.2, 0.25) is 10.0 Å². The number of ether oxygens (including phenoxy) is 1. The highest BCUT2D eigenvalue weighted by atomic mass is 35.5. The van der Waals surface area contributed by atoms with Crippen molar-refractivity contribution in [2.75, 3.05) is 18.0 Å². The maximum absolute atomic E-state index is 13.2. The number of anilines is 1. The van der Waals surface area contributed by atoms with Crippen molar-refractivity contribution < 1.29 is 23.1 Å². The van der Waals surface area contributed by atoms with Crippen LogP contribution in [0.15, 0.2) is 48.6 Å². The minimum absolute atomic E-state index is 0.226. The summed E-state index contributed by atoms with van der Waals surface area (Å²) in [5, 5.41) is 10.1. The van der Waals surface area contributed by atoms with Crippen molar-refractivity contribution >= 4 is 33.2 Å². The number of fused-ring (bicyclic) bond motifs is 3. The van der Waals surface area contributed by atoms with E-state index in [0.29, 0.717) is 29.2 Å². The van der Waals surface area contributed by atoms with Crippen LogP contribution in [0.5, 0.6) is 5.75 Å². The van der Waals surface area contributed by atoms with Crippen LogP contribution < -0.4 is 14.4 Å². The van der Waals surface area contributed by atoms with Crippen LogP contribution in [0.2, 0.25) is 5.02 Å². The first-order valence-electron chi connectivity index (χ1n) is 13.9. The van der Waals surface area contributed by atoms with Gasteiger partial charge in [0.15, 0.2) is 0 Å². The van der Waals surface area contributed by atoms with Crippen molar-refractivity contribution in [2.45, 2.75) is 69.8 Å². The number of hydrogen-bond donors (Lipinski definition) is 2. The second-order valence-corrected chi connectivity index (χ2v) is 13.6. The summed E-state index contributed by atoms with van der Waals surface area (Å²) in [6.07, 6.45) is 9.12. The summed E-state index contributed by atoms with van der Waals surface area (Å²) < 4.78 is 34.4. The van der Waals surface area contributed by atoms with Crippen molar-refractivity contribution in [3.05, 3.63) is 70.3 Å². The van der Waals surface area contributed by atoms with E-state index in [1.165, 1.54) is 12.5 Å². The van der Waals surface area contributed by atoms with Gasteiger partial charge in [0.1, 0.15) is 17.6 Å². The predicted molar refractivity (Wildman–Crippen MR) is 154 cm³/mol. The number of halogens is 1. The number of nitrogens with zero attached hydrogens (tertiary/aromatic N) is 1. The standard InChI is InChI=1S/C30H37ClN2O5S/c1-20-28(34)8-3-2-6-21-9-10-24(21)18-33-15-5-4-7-22-16-26(31)13-11-25(22)19-38-29-14-12-23(17-27(29)33)30(35)32-39(20,36)37/h2-3,11-14,16-17,20-21,24,28,34H,4-10,15,18-19H2,1H3,(H,32,35)/b3-2+/t20-,21-,24+,28+/m1/s1. The quantitative estimate of drug-likeness (QED) is 0.419. The van der Waals surface area contributed by atoms with Gasteiger partial charge >= 0.3 is 0 Å². The van der Waals surface area contributed by atoms with Crippen molar-refractivity contribution in [3.8, 4) is 5.75 Å². The van der Waals surface area contributed by atoms with Gasteiger partial charge in [0, 0.05) is 23.7 Å². The lowest BCUT2D eigenvalue weighted by Crippen LogP contribution is -2.42. The molecule has 39 heavy (non-hydrogen) atoms. The molecule has 0 aromatic heterocycles. The molecule has 9 heteroatoms. The molecule has 2 N–H and O–H groups in total. The van der Waals surface area contributed by atoms with Crippen LogP contribution in [-0.4, -0.2) is 43.9 Å². The lowest BCUT2D eigenvalue weighted by atomic mass is 9.71. The fraction of sp³-hybridized carbons (Fsp3) is 0.500. The fourth-order valence-electron chi connectivity index (χ4n) is 5.74. The highest BCUT2D eigenvalue weighted by Crippen LogP contribution is 2.40. The SMILES string of the molecule is C[C@@H]1[C@@H](O)C/C=C/C[C@@H]2CC[C@H]2CN2CCCCc3cc(Cl)ccc3COc3ccc(cc32)C(=O)NS1(=O)=O. The molecule has 2 bridgehead atoms. The lowest BCUT2D eigenvalue weighted by molar-refractivity contribution is 0.0980. The number of benzene rings is 2. The highest BCUT2D eigenvalue weighted by Gasteiger charge is 2.33. The molecule has 210 valence electrons. The summed E-state index contributed by atoms with van der Waals surface area (Å²) in [5.41, 5.74) is 3.32. The zero-order valence-corrected chi connectivity index (χ0v) is 23.9. The molecular formula is C30H37ClN2O5S. The molecule has 0 unspecified atom stereocenters. The second kappa shape index (κ2) is 11.9. The first kappa shape index (κ1) is 28.0. The van der Waals surface area contributed by atoms with Gasteiger partial charge in [-0.05, 0) is 105 Å². The van der Waals surface area contributed by atoms with Crippen LogP contribution in [0.3, 0.4) is 0 Å². The van der Waals surface area contributed by atoms with Gasteiger partial charge in [-0.2, -0.15) is 0 Å². The van der Waals surface area contributed by atoms with Crippen molar-refractivity contribution in [2.24, 2.45) is 11.8 Å².